The van der Waals surface area contributed by atoms with Crippen LogP contribution in [0, 0.1) is 19.7 Å². The minimum Gasteiger partial charge on any atom is -0.365 e. The van der Waals surface area contributed by atoms with Crippen molar-refractivity contribution in [3.8, 4) is 11.3 Å². The number of nitrogens with two attached hydrogens (primary N) is 1. The van der Waals surface area contributed by atoms with Crippen LogP contribution in [0.25, 0.3) is 16.9 Å². The van der Waals surface area contributed by atoms with Crippen molar-refractivity contribution < 1.29 is 9.18 Å². The van der Waals surface area contributed by atoms with E-state index in [0.29, 0.717) is 22.6 Å². The second-order valence-corrected chi connectivity index (χ2v) is 4.73. The number of fused-ring (bicyclic) bond motifs is 1. The van der Waals surface area contributed by atoms with Gasteiger partial charge < -0.3 is 5.73 Å². The number of carbonyl (C=O) groups is 1. The Morgan fingerprint density at radius 3 is 2.71 bits per heavy atom. The van der Waals surface area contributed by atoms with Crippen LogP contribution in [0.3, 0.4) is 0 Å². The van der Waals surface area contributed by atoms with E-state index >= 15 is 0 Å². The molecule has 21 heavy (non-hydrogen) atoms. The van der Waals surface area contributed by atoms with E-state index in [0.717, 1.165) is 5.69 Å². The maximum Gasteiger partial charge on any atom is 0.254 e. The average molecular weight is 285 g/mol. The van der Waals surface area contributed by atoms with E-state index in [2.05, 4.69) is 15.1 Å². The summed E-state index contributed by atoms with van der Waals surface area (Å²) in [5.41, 5.74) is 7.98. The lowest BCUT2D eigenvalue weighted by Crippen LogP contribution is -2.11. The lowest BCUT2D eigenvalue weighted by Gasteiger charge is -2.06. The van der Waals surface area contributed by atoms with E-state index in [1.54, 1.807) is 13.0 Å². The molecule has 0 aromatic carbocycles. The van der Waals surface area contributed by atoms with Crippen molar-refractivity contribution in [1.82, 2.24) is 19.6 Å². The third-order valence-corrected chi connectivity index (χ3v) is 3.24. The van der Waals surface area contributed by atoms with E-state index in [-0.39, 0.29) is 5.56 Å². The van der Waals surface area contributed by atoms with Crippen LogP contribution in [-0.2, 0) is 0 Å². The predicted molar refractivity (Wildman–Crippen MR) is 74.2 cm³/mol. The fourth-order valence-corrected chi connectivity index (χ4v) is 2.08. The third-order valence-electron chi connectivity index (χ3n) is 3.24. The Morgan fingerprint density at radius 2 is 2.05 bits per heavy atom. The average Bonchev–Trinajstić information content (AvgIpc) is 2.86. The fourth-order valence-electron chi connectivity index (χ4n) is 2.08. The molecule has 3 heterocycles. The molecule has 6 nitrogen and oxygen atoms in total. The molecule has 0 saturated carbocycles. The molecule has 3 aromatic rings. The first-order chi connectivity index (χ1) is 9.97. The third kappa shape index (κ3) is 2.12. The molecule has 0 fully saturated rings. The summed E-state index contributed by atoms with van der Waals surface area (Å²) in [7, 11) is 0. The Labute approximate surface area is 119 Å². The van der Waals surface area contributed by atoms with E-state index in [1.807, 2.05) is 6.92 Å². The highest BCUT2D eigenvalue weighted by atomic mass is 19.1. The summed E-state index contributed by atoms with van der Waals surface area (Å²) in [5, 5.41) is 4.07. The van der Waals surface area contributed by atoms with Gasteiger partial charge in [-0.15, -0.1) is 0 Å². The zero-order valence-corrected chi connectivity index (χ0v) is 11.5. The number of aromatic nitrogens is 4. The number of hydrogen-bond acceptors (Lipinski definition) is 4. The minimum atomic E-state index is -0.609. The van der Waals surface area contributed by atoms with Gasteiger partial charge in [-0.25, -0.2) is 13.9 Å². The highest BCUT2D eigenvalue weighted by molar-refractivity contribution is 5.98. The molecular formula is C14H12FN5O. The molecule has 0 aliphatic heterocycles. The van der Waals surface area contributed by atoms with Gasteiger partial charge in [0.05, 0.1) is 17.6 Å². The largest absolute Gasteiger partial charge is 0.365 e. The van der Waals surface area contributed by atoms with Gasteiger partial charge in [0.1, 0.15) is 11.4 Å². The number of pyridine rings is 1. The van der Waals surface area contributed by atoms with Gasteiger partial charge in [0.2, 0.25) is 0 Å². The normalized spacial score (nSPS) is 11.0. The van der Waals surface area contributed by atoms with Crippen molar-refractivity contribution >= 4 is 11.6 Å². The predicted octanol–water partition coefficient (Wildman–Crippen LogP) is 1.65. The van der Waals surface area contributed by atoms with Crippen molar-refractivity contribution in [2.75, 3.05) is 0 Å². The van der Waals surface area contributed by atoms with Crippen LogP contribution in [0.15, 0.2) is 24.5 Å². The zero-order chi connectivity index (χ0) is 15.1. The van der Waals surface area contributed by atoms with Gasteiger partial charge in [-0.3, -0.25) is 9.78 Å². The Kier molecular flexibility index (Phi) is 2.90. The molecule has 2 N–H and O–H groups in total. The molecule has 7 heteroatoms. The Balaban J connectivity index is 2.25. The van der Waals surface area contributed by atoms with Gasteiger partial charge in [-0.1, -0.05) is 0 Å². The molecule has 1 amide bonds. The molecule has 0 bridgehead atoms. The van der Waals surface area contributed by atoms with Crippen LogP contribution in [0.4, 0.5) is 4.39 Å². The molecule has 106 valence electrons. The van der Waals surface area contributed by atoms with Crippen molar-refractivity contribution in [2.24, 2.45) is 5.73 Å². The summed E-state index contributed by atoms with van der Waals surface area (Å²) < 4.78 is 15.2. The van der Waals surface area contributed by atoms with Crippen molar-refractivity contribution in [1.29, 1.82) is 0 Å². The highest BCUT2D eigenvalue weighted by Gasteiger charge is 2.14. The topological polar surface area (TPSA) is 86.2 Å². The van der Waals surface area contributed by atoms with E-state index < -0.39 is 11.7 Å². The molecule has 0 saturated heterocycles. The Morgan fingerprint density at radius 1 is 1.29 bits per heavy atom. The molecule has 0 unspecified atom stereocenters. The van der Waals surface area contributed by atoms with Gasteiger partial charge in [-0.05, 0) is 26.0 Å². The monoisotopic (exact) mass is 285 g/mol. The first-order valence-corrected chi connectivity index (χ1v) is 6.25. The van der Waals surface area contributed by atoms with Crippen LogP contribution in [-0.4, -0.2) is 25.5 Å². The summed E-state index contributed by atoms with van der Waals surface area (Å²) in [6.07, 6.45) is 2.91. The number of hydrogen-bond donors (Lipinski definition) is 1. The summed E-state index contributed by atoms with van der Waals surface area (Å²) in [6, 6.07) is 3.11. The van der Waals surface area contributed by atoms with E-state index in [9.17, 15) is 9.18 Å². The number of nitrogens with zero attached hydrogens (tertiary/aromatic N) is 4. The van der Waals surface area contributed by atoms with Crippen molar-refractivity contribution in [3.05, 3.63) is 47.3 Å². The molecule has 3 aromatic heterocycles. The molecule has 0 radical (unpaired) electrons. The van der Waals surface area contributed by atoms with Crippen LogP contribution in [0.2, 0.25) is 0 Å². The summed E-state index contributed by atoms with van der Waals surface area (Å²) in [6.45, 7) is 3.40. The van der Waals surface area contributed by atoms with Gasteiger partial charge >= 0.3 is 0 Å². The second kappa shape index (κ2) is 4.62. The molecular weight excluding hydrogens is 273 g/mol. The summed E-state index contributed by atoms with van der Waals surface area (Å²) >= 11 is 0. The molecule has 0 atom stereocenters. The standard InChI is InChI=1S/C14H12FN5O/c1-7-3-12(9-4-11(15)8(2)17-5-9)19-14-10(13(16)21)6-18-20(7)14/h3-6H,1-2H3,(H2,16,21). The quantitative estimate of drug-likeness (QED) is 0.775. The first-order valence-electron chi connectivity index (χ1n) is 6.25. The van der Waals surface area contributed by atoms with Crippen LogP contribution < -0.4 is 5.73 Å². The molecule has 3 rings (SSSR count). The number of halogens is 1. The van der Waals surface area contributed by atoms with Gasteiger partial charge in [-0.2, -0.15) is 5.10 Å². The maximum absolute atomic E-state index is 13.6. The lowest BCUT2D eigenvalue weighted by molar-refractivity contribution is 0.100. The van der Waals surface area contributed by atoms with Gasteiger partial charge in [0.25, 0.3) is 5.91 Å². The number of rotatable bonds is 2. The van der Waals surface area contributed by atoms with Crippen LogP contribution in [0.5, 0.6) is 0 Å². The maximum atomic E-state index is 13.6. The zero-order valence-electron chi connectivity index (χ0n) is 11.5. The molecule has 0 spiro atoms. The second-order valence-electron chi connectivity index (χ2n) is 4.73. The van der Waals surface area contributed by atoms with Crippen LogP contribution >= 0.6 is 0 Å². The van der Waals surface area contributed by atoms with E-state index in [4.69, 9.17) is 5.73 Å². The Hall–Kier alpha value is -2.83. The summed E-state index contributed by atoms with van der Waals surface area (Å²) in [5.74, 6) is -1.02. The number of amides is 1. The molecule has 0 aliphatic rings. The minimum absolute atomic E-state index is 0.223. The van der Waals surface area contributed by atoms with Gasteiger partial charge in [0.15, 0.2) is 5.65 Å². The van der Waals surface area contributed by atoms with Crippen molar-refractivity contribution in [3.63, 3.8) is 0 Å². The van der Waals surface area contributed by atoms with E-state index in [1.165, 1.54) is 23.0 Å². The SMILES string of the molecule is Cc1ncc(-c2cc(C)n3ncc(C(N)=O)c3n2)cc1F. The highest BCUT2D eigenvalue weighted by Crippen LogP contribution is 2.21. The smallest absolute Gasteiger partial charge is 0.254 e. The first kappa shape index (κ1) is 13.2. The van der Waals surface area contributed by atoms with Crippen molar-refractivity contribution in [2.45, 2.75) is 13.8 Å². The molecule has 0 aliphatic carbocycles. The van der Waals surface area contributed by atoms with Gasteiger partial charge in [0, 0.05) is 17.5 Å². The Bertz CT molecular complexity index is 871. The number of aryl methyl sites for hydroxylation is 2. The van der Waals surface area contributed by atoms with Crippen LogP contribution in [0.1, 0.15) is 21.7 Å². The number of primary amides is 1. The fraction of sp³-hybridized carbons (Fsp3) is 0.143. The summed E-state index contributed by atoms with van der Waals surface area (Å²) in [4.78, 5) is 19.7. The lowest BCUT2D eigenvalue weighted by atomic mass is 10.1. The number of carbonyl (C=O) groups excluding carboxylic acids is 1.